The second-order valence-electron chi connectivity index (χ2n) is 4.78. The molecule has 0 aromatic heterocycles. The number of carboxylic acids is 1. The molecule has 2 aliphatic rings. The summed E-state index contributed by atoms with van der Waals surface area (Å²) >= 11 is 0. The molecule has 2 saturated heterocycles. The molecule has 2 rings (SSSR count). The van der Waals surface area contributed by atoms with Crippen molar-refractivity contribution in [1.29, 1.82) is 0 Å². The van der Waals surface area contributed by atoms with Gasteiger partial charge in [0.2, 0.25) is 0 Å². The standard InChI is InChI=1S/C11H18N2O4/c14-10(15)9-6-8(7-13(9)11(16)17)12-4-2-1-3-5-12/h8-9H,1-7H2,(H,14,15)(H,16,17)/t8-,9+/m1/s1. The first-order chi connectivity index (χ1) is 8.09. The predicted molar refractivity (Wildman–Crippen MR) is 60.0 cm³/mol. The first kappa shape index (κ1) is 12.2. The van der Waals surface area contributed by atoms with Crippen LogP contribution in [-0.2, 0) is 4.79 Å². The molecule has 96 valence electrons. The molecule has 2 fully saturated rings. The van der Waals surface area contributed by atoms with E-state index in [0.29, 0.717) is 13.0 Å². The molecule has 6 nitrogen and oxygen atoms in total. The Labute approximate surface area is 99.8 Å². The summed E-state index contributed by atoms with van der Waals surface area (Å²) < 4.78 is 0. The molecule has 2 atom stereocenters. The minimum absolute atomic E-state index is 0.0764. The molecule has 0 saturated carbocycles. The summed E-state index contributed by atoms with van der Waals surface area (Å²) in [6.07, 6.45) is 2.76. The Hall–Kier alpha value is -1.30. The molecule has 0 bridgehead atoms. The van der Waals surface area contributed by atoms with Crippen LogP contribution in [0.25, 0.3) is 0 Å². The molecule has 6 heteroatoms. The molecular weight excluding hydrogens is 224 g/mol. The Morgan fingerprint density at radius 3 is 2.18 bits per heavy atom. The zero-order valence-corrected chi connectivity index (χ0v) is 9.71. The summed E-state index contributed by atoms with van der Waals surface area (Å²) in [6.45, 7) is 2.25. The quantitative estimate of drug-likeness (QED) is 0.744. The number of hydrogen-bond donors (Lipinski definition) is 2. The van der Waals surface area contributed by atoms with E-state index in [4.69, 9.17) is 10.2 Å². The fourth-order valence-corrected chi connectivity index (χ4v) is 2.81. The van der Waals surface area contributed by atoms with Gasteiger partial charge in [0.25, 0.3) is 0 Å². The van der Waals surface area contributed by atoms with Gasteiger partial charge in [-0.2, -0.15) is 0 Å². The van der Waals surface area contributed by atoms with Crippen LogP contribution < -0.4 is 0 Å². The highest BCUT2D eigenvalue weighted by Gasteiger charge is 2.41. The smallest absolute Gasteiger partial charge is 0.408 e. The third-order valence-corrected chi connectivity index (χ3v) is 3.72. The molecule has 0 unspecified atom stereocenters. The summed E-state index contributed by atoms with van der Waals surface area (Å²) in [5, 5.41) is 18.0. The lowest BCUT2D eigenvalue weighted by atomic mass is 10.1. The summed E-state index contributed by atoms with van der Waals surface area (Å²) in [6, 6.07) is -0.799. The van der Waals surface area contributed by atoms with Crippen molar-refractivity contribution in [3.8, 4) is 0 Å². The van der Waals surface area contributed by atoms with E-state index in [-0.39, 0.29) is 6.04 Å². The Morgan fingerprint density at radius 1 is 1.06 bits per heavy atom. The van der Waals surface area contributed by atoms with Crippen molar-refractivity contribution in [3.05, 3.63) is 0 Å². The Morgan fingerprint density at radius 2 is 1.71 bits per heavy atom. The van der Waals surface area contributed by atoms with Gasteiger partial charge in [0.15, 0.2) is 0 Å². The van der Waals surface area contributed by atoms with Gasteiger partial charge in [-0.25, -0.2) is 9.59 Å². The molecule has 0 aliphatic carbocycles. The van der Waals surface area contributed by atoms with E-state index in [2.05, 4.69) is 4.90 Å². The van der Waals surface area contributed by atoms with Crippen molar-refractivity contribution >= 4 is 12.1 Å². The van der Waals surface area contributed by atoms with Crippen LogP contribution in [-0.4, -0.2) is 63.8 Å². The summed E-state index contributed by atoms with van der Waals surface area (Å²) in [5.41, 5.74) is 0. The van der Waals surface area contributed by atoms with Gasteiger partial charge >= 0.3 is 12.1 Å². The average molecular weight is 242 g/mol. The van der Waals surface area contributed by atoms with Gasteiger partial charge in [0.1, 0.15) is 6.04 Å². The van der Waals surface area contributed by atoms with Crippen LogP contribution in [0.1, 0.15) is 25.7 Å². The molecule has 17 heavy (non-hydrogen) atoms. The van der Waals surface area contributed by atoms with Crippen LogP contribution in [0, 0.1) is 0 Å². The Kier molecular flexibility index (Phi) is 3.51. The van der Waals surface area contributed by atoms with E-state index in [1.807, 2.05) is 0 Å². The molecule has 2 N–H and O–H groups in total. The number of carbonyl (C=O) groups is 2. The highest BCUT2D eigenvalue weighted by Crippen LogP contribution is 2.25. The largest absolute Gasteiger partial charge is 0.480 e. The maximum absolute atomic E-state index is 11.0. The van der Waals surface area contributed by atoms with Gasteiger partial charge in [0, 0.05) is 12.6 Å². The van der Waals surface area contributed by atoms with E-state index < -0.39 is 18.1 Å². The number of piperidine rings is 1. The van der Waals surface area contributed by atoms with Gasteiger partial charge in [-0.15, -0.1) is 0 Å². The van der Waals surface area contributed by atoms with Crippen molar-refractivity contribution in [3.63, 3.8) is 0 Å². The van der Waals surface area contributed by atoms with Gasteiger partial charge in [-0.1, -0.05) is 6.42 Å². The Bertz CT molecular complexity index is 293. The number of rotatable bonds is 2. The van der Waals surface area contributed by atoms with E-state index >= 15 is 0 Å². The maximum atomic E-state index is 11.0. The van der Waals surface area contributed by atoms with Crippen LogP contribution in [0.5, 0.6) is 0 Å². The number of nitrogens with zero attached hydrogens (tertiary/aromatic N) is 2. The topological polar surface area (TPSA) is 81.1 Å². The van der Waals surface area contributed by atoms with E-state index in [9.17, 15) is 9.59 Å². The SMILES string of the molecule is O=C(O)[C@@H]1C[C@@H](N2CCCCC2)CN1C(=O)O. The van der Waals surface area contributed by atoms with Gasteiger partial charge in [-0.05, 0) is 32.4 Å². The monoisotopic (exact) mass is 242 g/mol. The van der Waals surface area contributed by atoms with Crippen molar-refractivity contribution in [2.75, 3.05) is 19.6 Å². The van der Waals surface area contributed by atoms with Crippen molar-refractivity contribution < 1.29 is 19.8 Å². The second-order valence-corrected chi connectivity index (χ2v) is 4.78. The van der Waals surface area contributed by atoms with E-state index in [1.165, 1.54) is 6.42 Å². The highest BCUT2D eigenvalue weighted by molar-refractivity contribution is 5.80. The van der Waals surface area contributed by atoms with Crippen molar-refractivity contribution in [2.24, 2.45) is 0 Å². The summed E-state index contributed by atoms with van der Waals surface area (Å²) in [5.74, 6) is -1.04. The number of hydrogen-bond acceptors (Lipinski definition) is 3. The maximum Gasteiger partial charge on any atom is 0.408 e. The van der Waals surface area contributed by atoms with Gasteiger partial charge in [-0.3, -0.25) is 9.80 Å². The van der Waals surface area contributed by atoms with Crippen LogP contribution in [0.4, 0.5) is 4.79 Å². The fourth-order valence-electron chi connectivity index (χ4n) is 2.81. The van der Waals surface area contributed by atoms with Crippen molar-refractivity contribution in [2.45, 2.75) is 37.8 Å². The predicted octanol–water partition coefficient (Wildman–Crippen LogP) is 0.678. The third kappa shape index (κ3) is 2.52. The van der Waals surface area contributed by atoms with E-state index in [1.54, 1.807) is 0 Å². The van der Waals surface area contributed by atoms with Gasteiger partial charge in [0.05, 0.1) is 0 Å². The van der Waals surface area contributed by atoms with Gasteiger partial charge < -0.3 is 10.2 Å². The summed E-state index contributed by atoms with van der Waals surface area (Å²) in [4.78, 5) is 25.3. The summed E-state index contributed by atoms with van der Waals surface area (Å²) in [7, 11) is 0. The molecule has 2 aliphatic heterocycles. The first-order valence-corrected chi connectivity index (χ1v) is 6.06. The second kappa shape index (κ2) is 4.91. The molecule has 1 amide bonds. The molecule has 2 heterocycles. The minimum atomic E-state index is -1.13. The lowest BCUT2D eigenvalue weighted by Crippen LogP contribution is -2.42. The van der Waals surface area contributed by atoms with Crippen LogP contribution in [0.2, 0.25) is 0 Å². The molecule has 0 aromatic carbocycles. The average Bonchev–Trinajstić information content (AvgIpc) is 2.75. The van der Waals surface area contributed by atoms with Crippen LogP contribution >= 0.6 is 0 Å². The van der Waals surface area contributed by atoms with Crippen LogP contribution in [0.15, 0.2) is 0 Å². The molecule has 0 radical (unpaired) electrons. The number of carboxylic acid groups (broad SMARTS) is 2. The lowest BCUT2D eigenvalue weighted by Gasteiger charge is -2.31. The van der Waals surface area contributed by atoms with Crippen LogP contribution in [0.3, 0.4) is 0 Å². The lowest BCUT2D eigenvalue weighted by molar-refractivity contribution is -0.141. The molecule has 0 aromatic rings. The molecular formula is C11H18N2O4. The Balaban J connectivity index is 2.02. The zero-order chi connectivity index (χ0) is 12.4. The molecule has 0 spiro atoms. The van der Waals surface area contributed by atoms with E-state index in [0.717, 1.165) is 30.8 Å². The minimum Gasteiger partial charge on any atom is -0.480 e. The number of likely N-dealkylation sites (tertiary alicyclic amines) is 2. The highest BCUT2D eigenvalue weighted by atomic mass is 16.4. The number of amides is 1. The first-order valence-electron chi connectivity index (χ1n) is 6.06. The fraction of sp³-hybridized carbons (Fsp3) is 0.818. The number of aliphatic carboxylic acids is 1. The normalized spacial score (nSPS) is 30.5. The zero-order valence-electron chi connectivity index (χ0n) is 9.71. The van der Waals surface area contributed by atoms with Crippen molar-refractivity contribution in [1.82, 2.24) is 9.80 Å². The third-order valence-electron chi connectivity index (χ3n) is 3.72.